The molecular formula is C25H28F3NO3S. The Bertz CT molecular complexity index is 1060. The highest BCUT2D eigenvalue weighted by atomic mass is 32.1. The van der Waals surface area contributed by atoms with Crippen molar-refractivity contribution in [3.63, 3.8) is 0 Å². The third kappa shape index (κ3) is 6.34. The number of aryl methyl sites for hydroxylation is 2. The monoisotopic (exact) mass is 479 g/mol. The quantitative estimate of drug-likeness (QED) is 0.378. The van der Waals surface area contributed by atoms with Gasteiger partial charge in [0.25, 0.3) is 0 Å². The van der Waals surface area contributed by atoms with Gasteiger partial charge in [-0.2, -0.15) is 13.2 Å². The predicted octanol–water partition coefficient (Wildman–Crippen LogP) is 6.30. The Balaban J connectivity index is 1.74. The molecule has 2 N–H and O–H groups in total. The summed E-state index contributed by atoms with van der Waals surface area (Å²) in [6.07, 6.45) is -4.04. The van der Waals surface area contributed by atoms with Gasteiger partial charge in [-0.05, 0) is 61.1 Å². The lowest BCUT2D eigenvalue weighted by molar-refractivity contribution is -0.137. The molecule has 0 aliphatic rings. The Morgan fingerprint density at radius 1 is 1.09 bits per heavy atom. The molecule has 0 saturated carbocycles. The highest BCUT2D eigenvalue weighted by Crippen LogP contribution is 2.36. The van der Waals surface area contributed by atoms with E-state index in [4.69, 9.17) is 14.8 Å². The van der Waals surface area contributed by atoms with Crippen molar-refractivity contribution in [3.05, 3.63) is 69.7 Å². The minimum Gasteiger partial charge on any atom is -0.491 e. The molecule has 2 aromatic carbocycles. The van der Waals surface area contributed by atoms with Gasteiger partial charge in [-0.25, -0.2) is 4.98 Å². The molecule has 0 radical (unpaired) electrons. The van der Waals surface area contributed by atoms with Crippen LogP contribution in [0.4, 0.5) is 13.2 Å². The second kappa shape index (κ2) is 10.7. The van der Waals surface area contributed by atoms with Crippen LogP contribution in [0, 0.1) is 6.92 Å². The summed E-state index contributed by atoms with van der Waals surface area (Å²) in [7, 11) is 0. The van der Waals surface area contributed by atoms with Crippen LogP contribution in [-0.4, -0.2) is 28.4 Å². The number of thiazole rings is 1. The molecule has 0 saturated heterocycles. The van der Waals surface area contributed by atoms with Gasteiger partial charge in [-0.1, -0.05) is 32.0 Å². The molecule has 0 spiro atoms. The summed E-state index contributed by atoms with van der Waals surface area (Å²) in [5.41, 5.74) is 2.48. The molecule has 8 heteroatoms. The number of rotatable bonds is 9. The fourth-order valence-corrected chi connectivity index (χ4v) is 4.68. The van der Waals surface area contributed by atoms with Crippen molar-refractivity contribution in [1.82, 2.24) is 4.98 Å². The van der Waals surface area contributed by atoms with E-state index in [-0.39, 0.29) is 19.1 Å². The van der Waals surface area contributed by atoms with Crippen molar-refractivity contribution in [1.29, 1.82) is 0 Å². The maximum absolute atomic E-state index is 12.9. The van der Waals surface area contributed by atoms with Crippen molar-refractivity contribution < 1.29 is 28.1 Å². The average molecular weight is 480 g/mol. The van der Waals surface area contributed by atoms with Crippen LogP contribution >= 0.6 is 11.3 Å². The number of halogens is 3. The van der Waals surface area contributed by atoms with E-state index < -0.39 is 17.8 Å². The molecule has 0 aliphatic carbocycles. The van der Waals surface area contributed by atoms with Gasteiger partial charge in [0, 0.05) is 10.4 Å². The number of nitrogens with zero attached hydrogens (tertiary/aromatic N) is 1. The zero-order valence-corrected chi connectivity index (χ0v) is 19.6. The third-order valence-corrected chi connectivity index (χ3v) is 6.75. The fourth-order valence-electron chi connectivity index (χ4n) is 3.56. The minimum absolute atomic E-state index is 0.0654. The molecular weight excluding hydrogens is 451 g/mol. The Labute approximate surface area is 195 Å². The number of aliphatic hydroxyl groups is 2. The first-order valence-corrected chi connectivity index (χ1v) is 11.6. The second-order valence-corrected chi connectivity index (χ2v) is 9.24. The van der Waals surface area contributed by atoms with Crippen molar-refractivity contribution in [3.8, 4) is 16.3 Å². The Morgan fingerprint density at radius 3 is 2.36 bits per heavy atom. The van der Waals surface area contributed by atoms with Crippen molar-refractivity contribution in [2.45, 2.75) is 51.8 Å². The summed E-state index contributed by atoms with van der Waals surface area (Å²) in [4.78, 5) is 5.78. The van der Waals surface area contributed by atoms with Crippen molar-refractivity contribution in [2.24, 2.45) is 0 Å². The Hall–Kier alpha value is -2.42. The smallest absolute Gasteiger partial charge is 0.416 e. The van der Waals surface area contributed by atoms with E-state index in [1.54, 1.807) is 6.07 Å². The summed E-state index contributed by atoms with van der Waals surface area (Å²) in [6, 6.07) is 10.5. The summed E-state index contributed by atoms with van der Waals surface area (Å²) < 4.78 is 44.0. The van der Waals surface area contributed by atoms with Crippen LogP contribution in [0.5, 0.6) is 5.75 Å². The van der Waals surface area contributed by atoms with Crippen LogP contribution in [0.3, 0.4) is 0 Å². The highest BCUT2D eigenvalue weighted by Gasteiger charge is 2.30. The molecule has 1 aromatic heterocycles. The molecule has 178 valence electrons. The molecule has 3 rings (SSSR count). The number of aromatic nitrogens is 1. The second-order valence-electron chi connectivity index (χ2n) is 8.21. The molecule has 33 heavy (non-hydrogen) atoms. The van der Waals surface area contributed by atoms with E-state index in [9.17, 15) is 18.3 Å². The summed E-state index contributed by atoms with van der Waals surface area (Å²) in [5, 5.41) is 20.3. The van der Waals surface area contributed by atoms with Gasteiger partial charge in [0.2, 0.25) is 0 Å². The van der Waals surface area contributed by atoms with Crippen molar-refractivity contribution in [2.75, 3.05) is 13.2 Å². The van der Waals surface area contributed by atoms with Crippen LogP contribution < -0.4 is 4.74 Å². The van der Waals surface area contributed by atoms with Gasteiger partial charge in [-0.15, -0.1) is 11.3 Å². The summed E-state index contributed by atoms with van der Waals surface area (Å²) >= 11 is 1.48. The Morgan fingerprint density at radius 2 is 1.79 bits per heavy atom. The minimum atomic E-state index is -4.37. The predicted molar refractivity (Wildman–Crippen MR) is 124 cm³/mol. The maximum Gasteiger partial charge on any atom is 0.416 e. The summed E-state index contributed by atoms with van der Waals surface area (Å²) in [6.45, 7) is 6.14. The number of hydrogen-bond acceptors (Lipinski definition) is 5. The van der Waals surface area contributed by atoms with E-state index in [0.717, 1.165) is 33.8 Å². The van der Waals surface area contributed by atoms with Gasteiger partial charge >= 0.3 is 6.18 Å². The summed E-state index contributed by atoms with van der Waals surface area (Å²) in [5.74, 6) is 0.880. The first-order chi connectivity index (χ1) is 15.6. The first kappa shape index (κ1) is 25.2. The number of hydrogen-bond donors (Lipinski definition) is 2. The molecule has 0 fully saturated rings. The number of benzene rings is 2. The van der Waals surface area contributed by atoms with Crippen molar-refractivity contribution >= 4 is 11.3 Å². The normalized spacial score (nSPS) is 12.9. The Kier molecular flexibility index (Phi) is 8.15. The third-order valence-electron chi connectivity index (χ3n) is 5.30. The lowest BCUT2D eigenvalue weighted by atomic mass is 10.00. The number of alkyl halides is 3. The van der Waals surface area contributed by atoms with E-state index >= 15 is 0 Å². The topological polar surface area (TPSA) is 62.6 Å². The SMILES string of the molecule is Cc1cc(C(O)CCc2nc(-c3ccc(C(F)(F)F)cc3)sc2C(C)C)ccc1OCCO. The molecule has 4 nitrogen and oxygen atoms in total. The molecule has 0 bridgehead atoms. The first-order valence-electron chi connectivity index (χ1n) is 10.8. The van der Waals surface area contributed by atoms with Crippen LogP contribution in [0.2, 0.25) is 0 Å². The van der Waals surface area contributed by atoms with E-state index in [0.29, 0.717) is 29.2 Å². The standard InChI is InChI=1S/C25H28F3NO3S/c1-15(2)23-20(29-24(33-23)17-4-7-19(8-5-17)25(26,27)28)9-10-21(31)18-6-11-22(16(3)14-18)32-13-12-30/h4-8,11,14-15,21,30-31H,9-10,12-13H2,1-3H3. The molecule has 0 amide bonds. The van der Waals surface area contributed by atoms with Gasteiger partial charge in [0.05, 0.1) is 24.0 Å². The van der Waals surface area contributed by atoms with E-state index in [2.05, 4.69) is 13.8 Å². The van der Waals surface area contributed by atoms with Gasteiger partial charge in [0.15, 0.2) is 0 Å². The van der Waals surface area contributed by atoms with Crippen LogP contribution in [0.1, 0.15) is 59.6 Å². The fraction of sp³-hybridized carbons (Fsp3) is 0.400. The van der Waals surface area contributed by atoms with Crippen LogP contribution in [-0.2, 0) is 12.6 Å². The van der Waals surface area contributed by atoms with Gasteiger partial charge < -0.3 is 14.9 Å². The lowest BCUT2D eigenvalue weighted by Gasteiger charge is -2.14. The van der Waals surface area contributed by atoms with E-state index in [1.165, 1.54) is 23.5 Å². The molecule has 1 unspecified atom stereocenters. The molecule has 0 aliphatic heterocycles. The van der Waals surface area contributed by atoms with Crippen LogP contribution in [0.25, 0.3) is 10.6 Å². The molecule has 1 atom stereocenters. The van der Waals surface area contributed by atoms with Gasteiger partial charge in [-0.3, -0.25) is 0 Å². The average Bonchev–Trinajstić information content (AvgIpc) is 3.21. The zero-order chi connectivity index (χ0) is 24.2. The lowest BCUT2D eigenvalue weighted by Crippen LogP contribution is -2.05. The number of aliphatic hydroxyl groups excluding tert-OH is 2. The highest BCUT2D eigenvalue weighted by molar-refractivity contribution is 7.15. The number of ether oxygens (including phenoxy) is 1. The maximum atomic E-state index is 12.9. The van der Waals surface area contributed by atoms with Crippen LogP contribution in [0.15, 0.2) is 42.5 Å². The largest absolute Gasteiger partial charge is 0.491 e. The zero-order valence-electron chi connectivity index (χ0n) is 18.8. The molecule has 1 heterocycles. The molecule has 3 aromatic rings. The van der Waals surface area contributed by atoms with E-state index in [1.807, 2.05) is 19.1 Å². The van der Waals surface area contributed by atoms with Gasteiger partial charge in [0.1, 0.15) is 17.4 Å².